The van der Waals surface area contributed by atoms with Gasteiger partial charge in [0.2, 0.25) is 0 Å². The molecule has 4 nitrogen and oxygen atoms in total. The topological polar surface area (TPSA) is 49.9 Å². The number of morpholine rings is 1. The zero-order chi connectivity index (χ0) is 9.10. The summed E-state index contributed by atoms with van der Waals surface area (Å²) in [6, 6.07) is 0. The van der Waals surface area contributed by atoms with Crippen molar-refractivity contribution in [2.45, 2.75) is 19.4 Å². The van der Waals surface area contributed by atoms with E-state index in [1.54, 1.807) is 0 Å². The molecular weight excluding hydrogens is 166 g/mol. The molecule has 4 heteroatoms. The van der Waals surface area contributed by atoms with Gasteiger partial charge in [0.25, 0.3) is 0 Å². The molecule has 2 rings (SSSR count). The fraction of sp³-hybridized carbons (Fsp3) is 0.667. The molecule has 1 unspecified atom stereocenters. The van der Waals surface area contributed by atoms with Gasteiger partial charge in [-0.05, 0) is 6.92 Å². The highest BCUT2D eigenvalue weighted by Gasteiger charge is 2.14. The molecule has 72 valence electrons. The molecule has 1 saturated heterocycles. The van der Waals surface area contributed by atoms with Crippen LogP contribution in [0.25, 0.3) is 0 Å². The van der Waals surface area contributed by atoms with Gasteiger partial charge in [0.15, 0.2) is 0 Å². The lowest BCUT2D eigenvalue weighted by atomic mass is 10.2. The van der Waals surface area contributed by atoms with E-state index in [4.69, 9.17) is 4.74 Å². The Labute approximate surface area is 77.7 Å². The van der Waals surface area contributed by atoms with Gasteiger partial charge in [-0.15, -0.1) is 0 Å². The lowest BCUT2D eigenvalue weighted by Gasteiger charge is -2.22. The lowest BCUT2D eigenvalue weighted by Crippen LogP contribution is -2.39. The van der Waals surface area contributed by atoms with Crippen molar-refractivity contribution in [1.29, 1.82) is 0 Å². The summed E-state index contributed by atoms with van der Waals surface area (Å²) in [5, 5.41) is 3.30. The van der Waals surface area contributed by atoms with Crippen molar-refractivity contribution in [3.8, 4) is 0 Å². The van der Waals surface area contributed by atoms with E-state index in [0.29, 0.717) is 0 Å². The van der Waals surface area contributed by atoms with Crippen LogP contribution in [0.15, 0.2) is 6.20 Å². The molecule has 2 heterocycles. The molecule has 1 aliphatic heterocycles. The smallest absolute Gasteiger partial charge is 0.108 e. The minimum Gasteiger partial charge on any atom is -0.375 e. The second-order valence-electron chi connectivity index (χ2n) is 3.41. The van der Waals surface area contributed by atoms with Crippen LogP contribution in [0.4, 0.5) is 0 Å². The number of ether oxygens (including phenoxy) is 1. The van der Waals surface area contributed by atoms with E-state index in [1.807, 2.05) is 13.1 Å². The number of nitrogens with zero attached hydrogens (tertiary/aromatic N) is 1. The predicted octanol–water partition coefficient (Wildman–Crippen LogP) is 0.249. The summed E-state index contributed by atoms with van der Waals surface area (Å²) in [6.07, 6.45) is 3.01. The van der Waals surface area contributed by atoms with E-state index in [9.17, 15) is 0 Å². The average Bonchev–Trinajstić information content (AvgIpc) is 2.53. The van der Waals surface area contributed by atoms with Gasteiger partial charge in [-0.25, -0.2) is 4.98 Å². The first-order valence-corrected chi connectivity index (χ1v) is 4.67. The minimum atomic E-state index is 0.277. The average molecular weight is 181 g/mol. The third-order valence-electron chi connectivity index (χ3n) is 2.18. The van der Waals surface area contributed by atoms with Crippen LogP contribution in [0, 0.1) is 6.92 Å². The number of aromatic nitrogens is 2. The Morgan fingerprint density at radius 2 is 2.62 bits per heavy atom. The normalized spacial score (nSPS) is 23.3. The Hall–Kier alpha value is -0.870. The molecule has 0 spiro atoms. The van der Waals surface area contributed by atoms with Gasteiger partial charge in [0, 0.05) is 31.4 Å². The molecule has 0 saturated carbocycles. The number of H-pyrrole nitrogens is 1. The maximum Gasteiger partial charge on any atom is 0.108 e. The van der Waals surface area contributed by atoms with Gasteiger partial charge in [0.1, 0.15) is 5.82 Å². The third-order valence-corrected chi connectivity index (χ3v) is 2.18. The Morgan fingerprint density at radius 1 is 1.69 bits per heavy atom. The highest BCUT2D eigenvalue weighted by atomic mass is 16.5. The molecule has 1 aromatic heterocycles. The summed E-state index contributed by atoms with van der Waals surface area (Å²) in [7, 11) is 0. The Kier molecular flexibility index (Phi) is 2.61. The van der Waals surface area contributed by atoms with Crippen LogP contribution in [0.5, 0.6) is 0 Å². The summed E-state index contributed by atoms with van der Waals surface area (Å²) < 4.78 is 5.57. The highest BCUT2D eigenvalue weighted by molar-refractivity contribution is 4.99. The van der Waals surface area contributed by atoms with E-state index < -0.39 is 0 Å². The molecule has 0 aromatic carbocycles. The van der Waals surface area contributed by atoms with Crippen molar-refractivity contribution >= 4 is 0 Å². The Morgan fingerprint density at radius 3 is 3.23 bits per heavy atom. The van der Waals surface area contributed by atoms with Crippen LogP contribution in [-0.4, -0.2) is 35.8 Å². The van der Waals surface area contributed by atoms with Gasteiger partial charge in [0.05, 0.1) is 12.7 Å². The van der Waals surface area contributed by atoms with Crippen molar-refractivity contribution in [3.05, 3.63) is 17.7 Å². The molecule has 1 fully saturated rings. The number of imidazole rings is 1. The fourth-order valence-corrected chi connectivity index (χ4v) is 1.54. The number of hydrogen-bond donors (Lipinski definition) is 2. The second kappa shape index (κ2) is 3.89. The predicted molar refractivity (Wildman–Crippen MR) is 49.6 cm³/mol. The molecule has 0 amide bonds. The Bertz CT molecular complexity index is 266. The van der Waals surface area contributed by atoms with Crippen molar-refractivity contribution in [2.75, 3.05) is 19.7 Å². The van der Waals surface area contributed by atoms with Crippen molar-refractivity contribution < 1.29 is 4.74 Å². The summed E-state index contributed by atoms with van der Waals surface area (Å²) >= 11 is 0. The number of aryl methyl sites for hydroxylation is 1. The van der Waals surface area contributed by atoms with Gasteiger partial charge in [-0.3, -0.25) is 0 Å². The van der Waals surface area contributed by atoms with E-state index in [-0.39, 0.29) is 6.10 Å². The number of hydrogen-bond acceptors (Lipinski definition) is 3. The molecule has 2 N–H and O–H groups in total. The summed E-state index contributed by atoms with van der Waals surface area (Å²) in [6.45, 7) is 4.72. The number of rotatable bonds is 2. The highest BCUT2D eigenvalue weighted by Crippen LogP contribution is 2.04. The fourth-order valence-electron chi connectivity index (χ4n) is 1.54. The van der Waals surface area contributed by atoms with Crippen molar-refractivity contribution in [1.82, 2.24) is 15.3 Å². The van der Waals surface area contributed by atoms with E-state index in [1.165, 1.54) is 0 Å². The van der Waals surface area contributed by atoms with Crippen LogP contribution in [0.2, 0.25) is 0 Å². The summed E-state index contributed by atoms with van der Waals surface area (Å²) in [5.74, 6) is 1.02. The van der Waals surface area contributed by atoms with Crippen LogP contribution in [0.1, 0.15) is 11.5 Å². The number of nitrogens with one attached hydrogen (secondary N) is 2. The monoisotopic (exact) mass is 181 g/mol. The first-order valence-electron chi connectivity index (χ1n) is 4.67. The zero-order valence-corrected chi connectivity index (χ0v) is 7.84. The maximum atomic E-state index is 5.57. The van der Waals surface area contributed by atoms with Crippen LogP contribution in [-0.2, 0) is 11.2 Å². The molecule has 0 bridgehead atoms. The van der Waals surface area contributed by atoms with Gasteiger partial charge in [-0.2, -0.15) is 0 Å². The molecular formula is C9H15N3O. The van der Waals surface area contributed by atoms with Crippen LogP contribution < -0.4 is 5.32 Å². The van der Waals surface area contributed by atoms with Gasteiger partial charge in [-0.1, -0.05) is 0 Å². The molecule has 13 heavy (non-hydrogen) atoms. The molecule has 1 aromatic rings. The first kappa shape index (κ1) is 8.72. The molecule has 1 atom stereocenters. The van der Waals surface area contributed by atoms with E-state index in [2.05, 4.69) is 15.3 Å². The third kappa shape index (κ3) is 2.29. The van der Waals surface area contributed by atoms with Crippen molar-refractivity contribution in [3.63, 3.8) is 0 Å². The first-order chi connectivity index (χ1) is 6.34. The van der Waals surface area contributed by atoms with E-state index in [0.717, 1.165) is 37.6 Å². The number of aromatic amines is 1. The maximum absolute atomic E-state index is 5.57. The lowest BCUT2D eigenvalue weighted by molar-refractivity contribution is 0.0281. The quantitative estimate of drug-likeness (QED) is 0.687. The standard InChI is InChI=1S/C9H15N3O/c1-7-5-11-9(12-7)4-8-6-10-2-3-13-8/h5,8,10H,2-4,6H2,1H3,(H,11,12). The zero-order valence-electron chi connectivity index (χ0n) is 7.84. The van der Waals surface area contributed by atoms with Crippen molar-refractivity contribution in [2.24, 2.45) is 0 Å². The van der Waals surface area contributed by atoms with Gasteiger partial charge >= 0.3 is 0 Å². The minimum absolute atomic E-state index is 0.277. The van der Waals surface area contributed by atoms with Crippen LogP contribution in [0.3, 0.4) is 0 Å². The van der Waals surface area contributed by atoms with E-state index >= 15 is 0 Å². The SMILES string of the molecule is Cc1cnc(CC2CNCCO2)[nH]1. The largest absolute Gasteiger partial charge is 0.375 e. The molecule has 0 radical (unpaired) electrons. The van der Waals surface area contributed by atoms with Crippen LogP contribution >= 0.6 is 0 Å². The Balaban J connectivity index is 1.89. The van der Waals surface area contributed by atoms with Gasteiger partial charge < -0.3 is 15.0 Å². The second-order valence-corrected chi connectivity index (χ2v) is 3.41. The molecule has 0 aliphatic carbocycles. The summed E-state index contributed by atoms with van der Waals surface area (Å²) in [4.78, 5) is 7.45. The summed E-state index contributed by atoms with van der Waals surface area (Å²) in [5.41, 5.74) is 1.11. The molecule has 1 aliphatic rings.